The van der Waals surface area contributed by atoms with E-state index >= 15 is 0 Å². The van der Waals surface area contributed by atoms with E-state index in [2.05, 4.69) is 10.5 Å². The molecule has 0 radical (unpaired) electrons. The molecule has 1 aromatic rings. The second-order valence-corrected chi connectivity index (χ2v) is 5.60. The minimum atomic E-state index is -0.380. The number of hydrogen-bond acceptors (Lipinski definition) is 4. The number of hydrogen-bond donors (Lipinski definition) is 2. The van der Waals surface area contributed by atoms with Gasteiger partial charge in [0.05, 0.1) is 0 Å². The van der Waals surface area contributed by atoms with Gasteiger partial charge >= 0.3 is 0 Å². The van der Waals surface area contributed by atoms with Crippen LogP contribution in [0.2, 0.25) is 0 Å². The van der Waals surface area contributed by atoms with Crippen LogP contribution < -0.4 is 5.48 Å². The van der Waals surface area contributed by atoms with Crippen molar-refractivity contribution in [3.8, 4) is 0 Å². The summed E-state index contributed by atoms with van der Waals surface area (Å²) < 4.78 is 5.39. The molecule has 1 aliphatic heterocycles. The zero-order chi connectivity index (χ0) is 14.8. The third-order valence-electron chi connectivity index (χ3n) is 4.09. The van der Waals surface area contributed by atoms with E-state index < -0.39 is 0 Å². The number of hydroxylamine groups is 1. The molecule has 2 heterocycles. The number of Topliss-reactive ketones (excluding diaryl/α,β-unsaturated/α-hetero) is 1. The van der Waals surface area contributed by atoms with Crippen LogP contribution in [0.4, 0.5) is 0 Å². The van der Waals surface area contributed by atoms with Gasteiger partial charge in [-0.05, 0) is 38.2 Å². The fourth-order valence-corrected chi connectivity index (χ4v) is 2.98. The number of fused-ring (bicyclic) bond motifs is 1. The summed E-state index contributed by atoms with van der Waals surface area (Å²) in [6.07, 6.45) is 4.65. The van der Waals surface area contributed by atoms with E-state index in [0.717, 1.165) is 37.8 Å². The maximum atomic E-state index is 12.2. The first-order chi connectivity index (χ1) is 10.2. The number of nitrogens with one attached hydrogen (secondary N) is 2. The zero-order valence-corrected chi connectivity index (χ0v) is 12.2. The van der Waals surface area contributed by atoms with E-state index in [-0.39, 0.29) is 18.0 Å². The summed E-state index contributed by atoms with van der Waals surface area (Å²) >= 11 is 0. The Morgan fingerprint density at radius 2 is 2.19 bits per heavy atom. The lowest BCUT2D eigenvalue weighted by molar-refractivity contribution is -0.186. The average molecular weight is 292 g/mol. The Hall–Kier alpha value is -1.66. The van der Waals surface area contributed by atoms with Gasteiger partial charge in [0.25, 0.3) is 5.91 Å². The van der Waals surface area contributed by atoms with Crippen molar-refractivity contribution < 1.29 is 19.2 Å². The zero-order valence-electron chi connectivity index (χ0n) is 12.2. The Kier molecular flexibility index (Phi) is 4.07. The molecule has 2 N–H and O–H groups in total. The van der Waals surface area contributed by atoms with Gasteiger partial charge in [-0.25, -0.2) is 10.3 Å². The van der Waals surface area contributed by atoms with Crippen molar-refractivity contribution in [2.75, 3.05) is 6.61 Å². The van der Waals surface area contributed by atoms with Gasteiger partial charge < -0.3 is 9.72 Å². The number of aromatic nitrogens is 1. The maximum absolute atomic E-state index is 12.2. The Bertz CT molecular complexity index is 558. The third-order valence-corrected chi connectivity index (χ3v) is 4.09. The summed E-state index contributed by atoms with van der Waals surface area (Å²) in [7, 11) is 0. The van der Waals surface area contributed by atoms with E-state index in [4.69, 9.17) is 9.57 Å². The fraction of sp³-hybridized carbons (Fsp3) is 0.600. The standard InChI is InChI=1S/C15H20N2O4/c1-9-13-10(5-4-6-11(13)18)16-14(9)15(19)17-21-12-7-2-3-8-20-12/h12,16H,2-8H2,1H3,(H,17,19)/t12-/m0/s1. The molecule has 21 heavy (non-hydrogen) atoms. The first-order valence-corrected chi connectivity index (χ1v) is 7.49. The Balaban J connectivity index is 1.68. The molecule has 1 amide bonds. The van der Waals surface area contributed by atoms with Gasteiger partial charge in [-0.2, -0.15) is 0 Å². The molecule has 0 spiro atoms. The highest BCUT2D eigenvalue weighted by Crippen LogP contribution is 2.26. The van der Waals surface area contributed by atoms with Crippen molar-refractivity contribution >= 4 is 11.7 Å². The highest BCUT2D eigenvalue weighted by Gasteiger charge is 2.27. The molecule has 0 saturated carbocycles. The number of rotatable bonds is 3. The molecular formula is C15H20N2O4. The van der Waals surface area contributed by atoms with Crippen LogP contribution in [-0.4, -0.2) is 29.6 Å². The van der Waals surface area contributed by atoms with Crippen molar-refractivity contribution in [3.05, 3.63) is 22.5 Å². The molecule has 2 aliphatic rings. The van der Waals surface area contributed by atoms with Gasteiger partial charge in [0.15, 0.2) is 12.1 Å². The highest BCUT2D eigenvalue weighted by atomic mass is 16.8. The predicted octanol–water partition coefficient (Wildman–Crippen LogP) is 2.03. The van der Waals surface area contributed by atoms with E-state index in [9.17, 15) is 9.59 Å². The van der Waals surface area contributed by atoms with Crippen molar-refractivity contribution in [1.82, 2.24) is 10.5 Å². The smallest absolute Gasteiger partial charge is 0.291 e. The lowest BCUT2D eigenvalue weighted by atomic mass is 9.94. The molecule has 1 aromatic heterocycles. The van der Waals surface area contributed by atoms with Crippen molar-refractivity contribution in [2.45, 2.75) is 51.7 Å². The molecule has 3 rings (SSSR count). The largest absolute Gasteiger partial charge is 0.353 e. The summed E-state index contributed by atoms with van der Waals surface area (Å²) in [4.78, 5) is 32.5. The lowest BCUT2D eigenvalue weighted by Gasteiger charge is -2.22. The molecule has 6 nitrogen and oxygen atoms in total. The first kappa shape index (κ1) is 14.3. The van der Waals surface area contributed by atoms with Crippen LogP contribution in [0.3, 0.4) is 0 Å². The Labute approximate surface area is 123 Å². The van der Waals surface area contributed by atoms with Gasteiger partial charge in [0.2, 0.25) is 0 Å². The fourth-order valence-electron chi connectivity index (χ4n) is 2.98. The lowest BCUT2D eigenvalue weighted by Crippen LogP contribution is -2.33. The number of H-pyrrole nitrogens is 1. The molecule has 6 heteroatoms. The molecule has 1 atom stereocenters. The van der Waals surface area contributed by atoms with Crippen LogP contribution in [0.1, 0.15) is 64.2 Å². The third kappa shape index (κ3) is 2.87. The molecule has 1 saturated heterocycles. The molecule has 0 aromatic carbocycles. The maximum Gasteiger partial charge on any atom is 0.291 e. The van der Waals surface area contributed by atoms with Crippen molar-refractivity contribution in [3.63, 3.8) is 0 Å². The van der Waals surface area contributed by atoms with E-state index in [1.807, 2.05) is 0 Å². The quantitative estimate of drug-likeness (QED) is 0.835. The minimum Gasteiger partial charge on any atom is -0.353 e. The molecule has 1 fully saturated rings. The molecule has 0 unspecified atom stereocenters. The number of amides is 1. The second-order valence-electron chi connectivity index (χ2n) is 5.60. The van der Waals surface area contributed by atoms with Crippen LogP contribution in [0.15, 0.2) is 0 Å². The number of ketones is 1. The van der Waals surface area contributed by atoms with E-state index in [1.54, 1.807) is 6.92 Å². The number of carbonyl (C=O) groups is 2. The van der Waals surface area contributed by atoms with E-state index in [0.29, 0.717) is 29.8 Å². The topological polar surface area (TPSA) is 80.4 Å². The molecule has 114 valence electrons. The van der Waals surface area contributed by atoms with Crippen LogP contribution in [0.25, 0.3) is 0 Å². The highest BCUT2D eigenvalue weighted by molar-refractivity contribution is 6.04. The normalized spacial score (nSPS) is 22.0. The number of ether oxygens (including phenoxy) is 1. The first-order valence-electron chi connectivity index (χ1n) is 7.49. The van der Waals surface area contributed by atoms with Gasteiger partial charge in [0, 0.05) is 30.7 Å². The SMILES string of the molecule is Cc1c(C(=O)NO[C@H]2CCCCO2)[nH]c2c1C(=O)CCC2. The summed E-state index contributed by atoms with van der Waals surface area (Å²) in [6.45, 7) is 2.45. The van der Waals surface area contributed by atoms with Crippen molar-refractivity contribution in [1.29, 1.82) is 0 Å². The molecule has 0 bridgehead atoms. The minimum absolute atomic E-state index is 0.112. The number of aryl methyl sites for hydroxylation is 1. The van der Waals surface area contributed by atoms with Crippen LogP contribution in [-0.2, 0) is 16.0 Å². The summed E-state index contributed by atoms with van der Waals surface area (Å²) in [5.41, 5.74) is 5.09. The summed E-state index contributed by atoms with van der Waals surface area (Å²) in [5.74, 6) is -0.246. The average Bonchev–Trinajstić information content (AvgIpc) is 2.84. The van der Waals surface area contributed by atoms with Crippen LogP contribution in [0.5, 0.6) is 0 Å². The predicted molar refractivity (Wildman–Crippen MR) is 74.9 cm³/mol. The second kappa shape index (κ2) is 5.99. The van der Waals surface area contributed by atoms with Crippen molar-refractivity contribution in [2.24, 2.45) is 0 Å². The van der Waals surface area contributed by atoms with Gasteiger partial charge in [-0.3, -0.25) is 9.59 Å². The van der Waals surface area contributed by atoms with E-state index in [1.165, 1.54) is 0 Å². The van der Waals surface area contributed by atoms with Gasteiger partial charge in [0.1, 0.15) is 5.69 Å². The Morgan fingerprint density at radius 1 is 1.33 bits per heavy atom. The van der Waals surface area contributed by atoms with Crippen LogP contribution in [0, 0.1) is 6.92 Å². The van der Waals surface area contributed by atoms with Gasteiger partial charge in [-0.1, -0.05) is 0 Å². The summed E-state index contributed by atoms with van der Waals surface area (Å²) in [5, 5.41) is 0. The number of aromatic amines is 1. The summed E-state index contributed by atoms with van der Waals surface area (Å²) in [6, 6.07) is 0. The van der Waals surface area contributed by atoms with Gasteiger partial charge in [-0.15, -0.1) is 0 Å². The molecular weight excluding hydrogens is 272 g/mol. The van der Waals surface area contributed by atoms with Crippen LogP contribution >= 0.6 is 0 Å². The number of carbonyl (C=O) groups excluding carboxylic acids is 2. The monoisotopic (exact) mass is 292 g/mol. The Morgan fingerprint density at radius 3 is 2.90 bits per heavy atom. The molecule has 1 aliphatic carbocycles.